The number of hydrogen-bond donors (Lipinski definition) is 6. The molecule has 13 nitrogen and oxygen atoms in total. The standard InChI is InChI=1S/C27H32N8O5/c1-3-31-25-27(39)35(15-22(36)33-13-16-4-6-17(7-5-16)24(29)30)21(14-34-25)18-10-19(12-20(28)11-18)26(38)32-9-8-23(37)40-2/h4-7,10-12,14H,3,8-9,13,15,28H2,1-2H3,(H3,29,30)(H,31,34)(H,32,38)(H,33,36). The first-order valence-corrected chi connectivity index (χ1v) is 12.4. The highest BCUT2D eigenvalue weighted by atomic mass is 16.5. The van der Waals surface area contributed by atoms with Crippen LogP contribution in [0.25, 0.3) is 11.3 Å². The number of nitrogens with zero attached hydrogens (tertiary/aromatic N) is 2. The molecular formula is C27H32N8O5. The van der Waals surface area contributed by atoms with E-state index in [9.17, 15) is 19.2 Å². The van der Waals surface area contributed by atoms with Crippen molar-refractivity contribution >= 4 is 35.1 Å². The molecular weight excluding hydrogens is 516 g/mol. The highest BCUT2D eigenvalue weighted by Gasteiger charge is 2.17. The predicted octanol–water partition coefficient (Wildman–Crippen LogP) is 0.818. The van der Waals surface area contributed by atoms with Gasteiger partial charge in [-0.1, -0.05) is 24.3 Å². The third-order valence-corrected chi connectivity index (χ3v) is 5.81. The molecule has 40 heavy (non-hydrogen) atoms. The van der Waals surface area contributed by atoms with E-state index in [4.69, 9.17) is 16.9 Å². The number of anilines is 2. The Bertz CT molecular complexity index is 1470. The summed E-state index contributed by atoms with van der Waals surface area (Å²) in [5.41, 5.74) is 13.5. The molecule has 0 bridgehead atoms. The van der Waals surface area contributed by atoms with E-state index in [-0.39, 0.29) is 54.7 Å². The third kappa shape index (κ3) is 7.66. The molecule has 1 heterocycles. The quantitative estimate of drug-likeness (QED) is 0.0818. The Hall–Kier alpha value is -5.20. The molecule has 13 heteroatoms. The van der Waals surface area contributed by atoms with Crippen LogP contribution in [-0.4, -0.2) is 53.4 Å². The van der Waals surface area contributed by atoms with Crippen LogP contribution in [0.4, 0.5) is 11.5 Å². The number of amides is 2. The van der Waals surface area contributed by atoms with Gasteiger partial charge < -0.3 is 32.2 Å². The van der Waals surface area contributed by atoms with Gasteiger partial charge in [0.2, 0.25) is 5.91 Å². The molecule has 0 spiro atoms. The van der Waals surface area contributed by atoms with Gasteiger partial charge in [0.1, 0.15) is 12.4 Å². The van der Waals surface area contributed by atoms with Crippen LogP contribution in [0.1, 0.15) is 34.8 Å². The number of aromatic nitrogens is 2. The van der Waals surface area contributed by atoms with Gasteiger partial charge in [-0.15, -0.1) is 0 Å². The maximum absolute atomic E-state index is 13.3. The van der Waals surface area contributed by atoms with Crippen molar-refractivity contribution in [1.82, 2.24) is 20.2 Å². The van der Waals surface area contributed by atoms with Crippen molar-refractivity contribution in [2.45, 2.75) is 26.4 Å². The first kappa shape index (κ1) is 29.4. The molecule has 0 saturated heterocycles. The average Bonchev–Trinajstić information content (AvgIpc) is 2.93. The molecule has 0 atom stereocenters. The fraction of sp³-hybridized carbons (Fsp3) is 0.259. The Kier molecular flexibility index (Phi) is 9.95. The summed E-state index contributed by atoms with van der Waals surface area (Å²) in [7, 11) is 1.26. The van der Waals surface area contributed by atoms with E-state index < -0.39 is 23.3 Å². The second kappa shape index (κ2) is 13.6. The lowest BCUT2D eigenvalue weighted by Gasteiger charge is -2.16. The van der Waals surface area contributed by atoms with Gasteiger partial charge in [-0.3, -0.25) is 29.2 Å². The second-order valence-corrected chi connectivity index (χ2v) is 8.73. The Morgan fingerprint density at radius 3 is 2.45 bits per heavy atom. The molecule has 0 aliphatic carbocycles. The number of esters is 1. The van der Waals surface area contributed by atoms with Gasteiger partial charge in [0, 0.05) is 42.0 Å². The van der Waals surface area contributed by atoms with Crippen molar-refractivity contribution < 1.29 is 19.1 Å². The van der Waals surface area contributed by atoms with Crippen molar-refractivity contribution in [2.24, 2.45) is 5.73 Å². The van der Waals surface area contributed by atoms with Crippen LogP contribution in [0.3, 0.4) is 0 Å². The molecule has 2 amide bonds. The minimum Gasteiger partial charge on any atom is -0.469 e. The van der Waals surface area contributed by atoms with Gasteiger partial charge in [-0.2, -0.15) is 0 Å². The number of nitrogens with one attached hydrogen (secondary N) is 4. The molecule has 0 unspecified atom stereocenters. The van der Waals surface area contributed by atoms with E-state index in [2.05, 4.69) is 25.7 Å². The van der Waals surface area contributed by atoms with Crippen LogP contribution >= 0.6 is 0 Å². The predicted molar refractivity (Wildman–Crippen MR) is 151 cm³/mol. The molecule has 3 rings (SSSR count). The van der Waals surface area contributed by atoms with Gasteiger partial charge in [0.15, 0.2) is 5.82 Å². The number of ether oxygens (including phenoxy) is 1. The number of nitrogens with two attached hydrogens (primary N) is 2. The van der Waals surface area contributed by atoms with Crippen molar-refractivity contribution in [3.05, 3.63) is 75.7 Å². The van der Waals surface area contributed by atoms with E-state index in [0.29, 0.717) is 17.7 Å². The molecule has 0 saturated carbocycles. The highest BCUT2D eigenvalue weighted by Crippen LogP contribution is 2.23. The Balaban J connectivity index is 1.86. The Morgan fingerprint density at radius 2 is 1.80 bits per heavy atom. The Labute approximate surface area is 230 Å². The van der Waals surface area contributed by atoms with Crippen LogP contribution in [-0.2, 0) is 27.4 Å². The van der Waals surface area contributed by atoms with Crippen molar-refractivity contribution in [2.75, 3.05) is 31.2 Å². The topological polar surface area (TPSA) is 207 Å². The monoisotopic (exact) mass is 548 g/mol. The normalized spacial score (nSPS) is 10.4. The average molecular weight is 549 g/mol. The van der Waals surface area contributed by atoms with Crippen LogP contribution in [0, 0.1) is 5.41 Å². The molecule has 0 aliphatic heterocycles. The lowest BCUT2D eigenvalue weighted by molar-refractivity contribution is -0.140. The summed E-state index contributed by atoms with van der Waals surface area (Å²) in [6.07, 6.45) is 1.43. The number of nitrogen functional groups attached to an aromatic ring is 2. The minimum atomic E-state index is -0.521. The van der Waals surface area contributed by atoms with Gasteiger partial charge in [0.05, 0.1) is 25.4 Å². The zero-order valence-corrected chi connectivity index (χ0v) is 22.2. The molecule has 8 N–H and O–H groups in total. The minimum absolute atomic E-state index is 0.00273. The second-order valence-electron chi connectivity index (χ2n) is 8.73. The number of rotatable bonds is 12. The van der Waals surface area contributed by atoms with Crippen LogP contribution in [0.5, 0.6) is 0 Å². The summed E-state index contributed by atoms with van der Waals surface area (Å²) in [6, 6.07) is 11.4. The van der Waals surface area contributed by atoms with Gasteiger partial charge in [-0.05, 0) is 30.7 Å². The SMILES string of the molecule is CCNc1ncc(-c2cc(N)cc(C(=O)NCCC(=O)OC)c2)n(CC(=O)NCc2ccc(C(=N)N)cc2)c1=O. The van der Waals surface area contributed by atoms with Crippen LogP contribution < -0.4 is 33.0 Å². The number of carbonyl (C=O) groups is 3. The number of hydrogen-bond acceptors (Lipinski definition) is 9. The van der Waals surface area contributed by atoms with E-state index in [1.165, 1.54) is 30.0 Å². The Morgan fingerprint density at radius 1 is 1.07 bits per heavy atom. The maximum atomic E-state index is 13.3. The molecule has 0 fully saturated rings. The first-order chi connectivity index (χ1) is 19.1. The van der Waals surface area contributed by atoms with Crippen molar-refractivity contribution in [3.8, 4) is 11.3 Å². The van der Waals surface area contributed by atoms with Crippen molar-refractivity contribution in [1.29, 1.82) is 5.41 Å². The molecule has 2 aromatic carbocycles. The molecule has 3 aromatic rings. The highest BCUT2D eigenvalue weighted by molar-refractivity contribution is 5.97. The number of amidine groups is 1. The lowest BCUT2D eigenvalue weighted by atomic mass is 10.1. The maximum Gasteiger partial charge on any atom is 0.307 e. The summed E-state index contributed by atoms with van der Waals surface area (Å²) in [4.78, 5) is 54.4. The molecule has 210 valence electrons. The van der Waals surface area contributed by atoms with Crippen LogP contribution in [0.15, 0.2) is 53.5 Å². The first-order valence-electron chi connectivity index (χ1n) is 12.4. The van der Waals surface area contributed by atoms with Gasteiger partial charge in [-0.25, -0.2) is 4.98 Å². The molecule has 0 radical (unpaired) electrons. The number of benzene rings is 2. The smallest absolute Gasteiger partial charge is 0.307 e. The van der Waals surface area contributed by atoms with Gasteiger partial charge >= 0.3 is 5.97 Å². The lowest BCUT2D eigenvalue weighted by Crippen LogP contribution is -2.34. The molecule has 0 aliphatic rings. The zero-order valence-electron chi connectivity index (χ0n) is 22.2. The summed E-state index contributed by atoms with van der Waals surface area (Å²) in [5, 5.41) is 15.8. The summed E-state index contributed by atoms with van der Waals surface area (Å²) in [6.45, 7) is 2.19. The van der Waals surface area contributed by atoms with Crippen LogP contribution in [0.2, 0.25) is 0 Å². The largest absolute Gasteiger partial charge is 0.469 e. The van der Waals surface area contributed by atoms with E-state index in [1.54, 1.807) is 30.3 Å². The fourth-order valence-corrected chi connectivity index (χ4v) is 3.78. The number of methoxy groups -OCH3 is 1. The number of carbonyl (C=O) groups excluding carboxylic acids is 3. The van der Waals surface area contributed by atoms with Gasteiger partial charge in [0.25, 0.3) is 11.5 Å². The summed E-state index contributed by atoms with van der Waals surface area (Å²) >= 11 is 0. The van der Waals surface area contributed by atoms with E-state index in [0.717, 1.165) is 5.56 Å². The van der Waals surface area contributed by atoms with E-state index in [1.807, 2.05) is 6.92 Å². The summed E-state index contributed by atoms with van der Waals surface area (Å²) in [5.74, 6) is -1.35. The molecule has 1 aromatic heterocycles. The fourth-order valence-electron chi connectivity index (χ4n) is 3.78. The van der Waals surface area contributed by atoms with Crippen molar-refractivity contribution in [3.63, 3.8) is 0 Å². The van der Waals surface area contributed by atoms with E-state index >= 15 is 0 Å². The third-order valence-electron chi connectivity index (χ3n) is 5.81. The zero-order chi connectivity index (χ0) is 29.2. The summed E-state index contributed by atoms with van der Waals surface area (Å²) < 4.78 is 5.83.